The predicted molar refractivity (Wildman–Crippen MR) is 58.6 cm³/mol. The van der Waals surface area contributed by atoms with Crippen LogP contribution in [0.15, 0.2) is 5.38 Å². The smallest absolute Gasteiger partial charge is 0.365 e. The number of carbonyl (C=O) groups is 1. The maximum absolute atomic E-state index is 12.5. The summed E-state index contributed by atoms with van der Waals surface area (Å²) in [4.78, 5) is 16.2. The summed E-state index contributed by atoms with van der Waals surface area (Å²) in [5.74, 6) is -0.696. The van der Waals surface area contributed by atoms with Crippen molar-refractivity contribution in [3.63, 3.8) is 0 Å². The molecule has 0 aliphatic carbocycles. The standard InChI is InChI=1S/C9H10F3N3O2S/c10-9(11,12)6-3-15(1-2-17-6)8-14-5(4-18-8)7(13)16/h4,6H,1-3H2,(H2,13,16)/t6-/m0/s1. The van der Waals surface area contributed by atoms with E-state index in [1.807, 2.05) is 0 Å². The van der Waals surface area contributed by atoms with Crippen LogP contribution in [0.4, 0.5) is 18.3 Å². The van der Waals surface area contributed by atoms with Crippen LogP contribution in [0.1, 0.15) is 10.5 Å². The zero-order chi connectivity index (χ0) is 13.3. The van der Waals surface area contributed by atoms with Gasteiger partial charge in [-0.2, -0.15) is 13.2 Å². The van der Waals surface area contributed by atoms with Crippen molar-refractivity contribution < 1.29 is 22.7 Å². The summed E-state index contributed by atoms with van der Waals surface area (Å²) in [5, 5.41) is 1.77. The van der Waals surface area contributed by atoms with Gasteiger partial charge in [0.25, 0.3) is 5.91 Å². The Bertz CT molecular complexity index is 449. The van der Waals surface area contributed by atoms with Crippen LogP contribution < -0.4 is 10.6 Å². The van der Waals surface area contributed by atoms with Crippen LogP contribution in [0.25, 0.3) is 0 Å². The second-order valence-electron chi connectivity index (χ2n) is 3.73. The molecule has 1 saturated heterocycles. The van der Waals surface area contributed by atoms with E-state index < -0.39 is 18.2 Å². The zero-order valence-corrected chi connectivity index (χ0v) is 9.92. The minimum atomic E-state index is -4.40. The van der Waals surface area contributed by atoms with Crippen molar-refractivity contribution in [2.45, 2.75) is 12.3 Å². The van der Waals surface area contributed by atoms with E-state index in [9.17, 15) is 18.0 Å². The number of hydrogen-bond acceptors (Lipinski definition) is 5. The van der Waals surface area contributed by atoms with Gasteiger partial charge in [-0.05, 0) is 0 Å². The lowest BCUT2D eigenvalue weighted by molar-refractivity contribution is -0.221. The van der Waals surface area contributed by atoms with Crippen molar-refractivity contribution in [3.05, 3.63) is 11.1 Å². The van der Waals surface area contributed by atoms with Crippen LogP contribution in [-0.4, -0.2) is 42.9 Å². The lowest BCUT2D eigenvalue weighted by atomic mass is 10.3. The summed E-state index contributed by atoms with van der Waals surface area (Å²) in [6, 6.07) is 0. The van der Waals surface area contributed by atoms with Crippen molar-refractivity contribution in [2.24, 2.45) is 5.73 Å². The van der Waals surface area contributed by atoms with Crippen LogP contribution >= 0.6 is 11.3 Å². The first-order chi connectivity index (χ1) is 8.38. The van der Waals surface area contributed by atoms with E-state index in [4.69, 9.17) is 5.73 Å². The predicted octanol–water partition coefficient (Wildman–Crippen LogP) is 1.01. The Labute approximate surface area is 104 Å². The second-order valence-corrected chi connectivity index (χ2v) is 4.56. The molecule has 1 atom stereocenters. The Hall–Kier alpha value is -1.35. The number of rotatable bonds is 2. The molecular formula is C9H10F3N3O2S. The molecule has 1 aromatic rings. The average molecular weight is 281 g/mol. The van der Waals surface area contributed by atoms with E-state index in [0.29, 0.717) is 11.7 Å². The minimum absolute atomic E-state index is 0.0321. The van der Waals surface area contributed by atoms with E-state index in [1.165, 1.54) is 10.3 Å². The molecule has 2 N–H and O–H groups in total. The number of halogens is 3. The fourth-order valence-electron chi connectivity index (χ4n) is 1.54. The van der Waals surface area contributed by atoms with Gasteiger partial charge < -0.3 is 15.4 Å². The van der Waals surface area contributed by atoms with Crippen molar-refractivity contribution in [1.29, 1.82) is 0 Å². The van der Waals surface area contributed by atoms with Crippen molar-refractivity contribution >= 4 is 22.4 Å². The van der Waals surface area contributed by atoms with E-state index in [0.717, 1.165) is 11.3 Å². The first-order valence-corrected chi connectivity index (χ1v) is 5.94. The van der Waals surface area contributed by atoms with E-state index in [1.54, 1.807) is 0 Å². The molecule has 100 valence electrons. The summed E-state index contributed by atoms with van der Waals surface area (Å²) >= 11 is 1.09. The van der Waals surface area contributed by atoms with Crippen molar-refractivity contribution in [3.8, 4) is 0 Å². The lowest BCUT2D eigenvalue weighted by Gasteiger charge is -2.33. The minimum Gasteiger partial charge on any atom is -0.365 e. The zero-order valence-electron chi connectivity index (χ0n) is 9.11. The van der Waals surface area contributed by atoms with Gasteiger partial charge in [-0.1, -0.05) is 0 Å². The Kier molecular flexibility index (Phi) is 3.44. The molecule has 9 heteroatoms. The van der Waals surface area contributed by atoms with Crippen LogP contribution in [0, 0.1) is 0 Å². The summed E-state index contributed by atoms with van der Waals surface area (Å²) in [7, 11) is 0. The van der Waals surface area contributed by atoms with Gasteiger partial charge in [0.05, 0.1) is 13.2 Å². The van der Waals surface area contributed by atoms with Gasteiger partial charge >= 0.3 is 6.18 Å². The highest BCUT2D eigenvalue weighted by Crippen LogP contribution is 2.29. The Morgan fingerprint density at radius 2 is 2.33 bits per heavy atom. The van der Waals surface area contributed by atoms with Crippen LogP contribution in [-0.2, 0) is 4.74 Å². The lowest BCUT2D eigenvalue weighted by Crippen LogP contribution is -2.49. The molecule has 2 rings (SSSR count). The fourth-order valence-corrected chi connectivity index (χ4v) is 2.40. The normalized spacial score (nSPS) is 21.1. The summed E-state index contributed by atoms with van der Waals surface area (Å²) in [6.07, 6.45) is -6.23. The number of alkyl halides is 3. The molecule has 0 spiro atoms. The molecule has 0 bridgehead atoms. The van der Waals surface area contributed by atoms with Gasteiger partial charge in [0.2, 0.25) is 0 Å². The van der Waals surface area contributed by atoms with Gasteiger partial charge in [0, 0.05) is 11.9 Å². The Morgan fingerprint density at radius 3 is 2.89 bits per heavy atom. The molecule has 1 amide bonds. The number of ether oxygens (including phenoxy) is 1. The number of nitrogens with two attached hydrogens (primary N) is 1. The SMILES string of the molecule is NC(=O)c1csc(N2CCO[C@H](C(F)(F)F)C2)n1. The number of primary amides is 1. The van der Waals surface area contributed by atoms with E-state index >= 15 is 0 Å². The molecule has 18 heavy (non-hydrogen) atoms. The maximum atomic E-state index is 12.5. The maximum Gasteiger partial charge on any atom is 0.416 e. The number of carbonyl (C=O) groups excluding carboxylic acids is 1. The first-order valence-electron chi connectivity index (χ1n) is 5.06. The van der Waals surface area contributed by atoms with Gasteiger partial charge in [0.15, 0.2) is 11.2 Å². The molecule has 1 aromatic heterocycles. The number of amides is 1. The monoisotopic (exact) mass is 281 g/mol. The highest BCUT2D eigenvalue weighted by molar-refractivity contribution is 7.13. The molecule has 1 aliphatic heterocycles. The van der Waals surface area contributed by atoms with Gasteiger partial charge in [0.1, 0.15) is 5.69 Å². The van der Waals surface area contributed by atoms with Gasteiger partial charge in [-0.25, -0.2) is 4.98 Å². The third kappa shape index (κ3) is 2.72. The first kappa shape index (κ1) is 13.1. The molecule has 0 saturated carbocycles. The molecule has 1 fully saturated rings. The Balaban J connectivity index is 2.10. The number of anilines is 1. The highest BCUT2D eigenvalue weighted by atomic mass is 32.1. The third-order valence-corrected chi connectivity index (χ3v) is 3.35. The summed E-state index contributed by atoms with van der Waals surface area (Å²) < 4.78 is 42.2. The van der Waals surface area contributed by atoms with Crippen molar-refractivity contribution in [2.75, 3.05) is 24.6 Å². The van der Waals surface area contributed by atoms with Crippen LogP contribution in [0.3, 0.4) is 0 Å². The second kappa shape index (κ2) is 4.73. The molecular weight excluding hydrogens is 271 g/mol. The third-order valence-electron chi connectivity index (χ3n) is 2.45. The number of morpholine rings is 1. The quantitative estimate of drug-likeness (QED) is 0.878. The number of thiazole rings is 1. The fraction of sp³-hybridized carbons (Fsp3) is 0.556. The number of nitrogens with zero attached hydrogens (tertiary/aromatic N) is 2. The topological polar surface area (TPSA) is 68.5 Å². The summed E-state index contributed by atoms with van der Waals surface area (Å²) in [5.41, 5.74) is 5.10. The molecule has 0 aromatic carbocycles. The number of hydrogen-bond donors (Lipinski definition) is 1. The van der Waals surface area contributed by atoms with Crippen LogP contribution in [0.2, 0.25) is 0 Å². The largest absolute Gasteiger partial charge is 0.416 e. The highest BCUT2D eigenvalue weighted by Gasteiger charge is 2.43. The van der Waals surface area contributed by atoms with Crippen LogP contribution in [0.5, 0.6) is 0 Å². The van der Waals surface area contributed by atoms with Gasteiger partial charge in [-0.3, -0.25) is 4.79 Å². The Morgan fingerprint density at radius 1 is 1.61 bits per heavy atom. The molecule has 1 aliphatic rings. The molecule has 0 radical (unpaired) electrons. The average Bonchev–Trinajstić information content (AvgIpc) is 2.77. The molecule has 0 unspecified atom stereocenters. The number of aromatic nitrogens is 1. The van der Waals surface area contributed by atoms with Gasteiger partial charge in [-0.15, -0.1) is 11.3 Å². The molecule has 5 nitrogen and oxygen atoms in total. The van der Waals surface area contributed by atoms with E-state index in [-0.39, 0.29) is 18.8 Å². The molecule has 2 heterocycles. The van der Waals surface area contributed by atoms with E-state index in [2.05, 4.69) is 9.72 Å². The van der Waals surface area contributed by atoms with Crippen molar-refractivity contribution in [1.82, 2.24) is 4.98 Å². The summed E-state index contributed by atoms with van der Waals surface area (Å²) in [6.45, 7) is -0.0524.